The number of ketones is 1. The molecule has 2 heterocycles. The van der Waals surface area contributed by atoms with Crippen molar-refractivity contribution in [2.24, 2.45) is 17.3 Å². The molecular formula is C37H55N5O7. The molecule has 12 heteroatoms. The first-order valence-corrected chi connectivity index (χ1v) is 17.9. The molecule has 5 atom stereocenters. The van der Waals surface area contributed by atoms with Gasteiger partial charge in [0.15, 0.2) is 0 Å². The maximum absolute atomic E-state index is 14.1. The average Bonchev–Trinajstić information content (AvgIpc) is 3.35. The van der Waals surface area contributed by atoms with Crippen LogP contribution in [-0.4, -0.2) is 77.2 Å². The van der Waals surface area contributed by atoms with Gasteiger partial charge in [0.25, 0.3) is 5.91 Å². The molecule has 0 unspecified atom stereocenters. The third-order valence-corrected chi connectivity index (χ3v) is 10.1. The number of Topliss-reactive ketones (excluding diaryl/α,β-unsaturated/α-hetero) is 1. The Labute approximate surface area is 290 Å². The SMILES string of the molecule is CC(C)(C)OC(=O)N[C@H]1CCCCCCCCCC[C@@H](C(=O)C(=O)NCC(=O)NCc2ccccc2)NC(=O)[C@@H]2[C@@H]3[C@H](CN2C1=O)C3(C)C. The Bertz CT molecular complexity index is 1360. The van der Waals surface area contributed by atoms with Crippen LogP contribution < -0.4 is 21.3 Å². The molecule has 0 bridgehead atoms. The molecule has 5 amide bonds. The fourth-order valence-electron chi connectivity index (χ4n) is 7.27. The quantitative estimate of drug-likeness (QED) is 0.319. The van der Waals surface area contributed by atoms with Gasteiger partial charge >= 0.3 is 6.09 Å². The van der Waals surface area contributed by atoms with E-state index < -0.39 is 53.3 Å². The first-order chi connectivity index (χ1) is 23.2. The second-order valence-corrected chi connectivity index (χ2v) is 15.4. The van der Waals surface area contributed by atoms with Crippen LogP contribution in [0.25, 0.3) is 0 Å². The monoisotopic (exact) mass is 681 g/mol. The van der Waals surface area contributed by atoms with Crippen LogP contribution in [0.4, 0.5) is 4.79 Å². The Kier molecular flexibility index (Phi) is 12.8. The van der Waals surface area contributed by atoms with Crippen LogP contribution in [0.15, 0.2) is 30.3 Å². The number of hydrogen-bond donors (Lipinski definition) is 4. The average molecular weight is 682 g/mol. The lowest BCUT2D eigenvalue weighted by Crippen LogP contribution is -2.58. The van der Waals surface area contributed by atoms with Crippen molar-refractivity contribution in [3.05, 3.63) is 35.9 Å². The summed E-state index contributed by atoms with van der Waals surface area (Å²) in [4.78, 5) is 81.5. The highest BCUT2D eigenvalue weighted by Crippen LogP contribution is 2.65. The molecule has 0 spiro atoms. The van der Waals surface area contributed by atoms with Crippen molar-refractivity contribution in [2.45, 2.75) is 129 Å². The highest BCUT2D eigenvalue weighted by Gasteiger charge is 2.69. The normalized spacial score (nSPS) is 26.2. The summed E-state index contributed by atoms with van der Waals surface area (Å²) in [5.41, 5.74) is -0.0312. The number of nitrogens with one attached hydrogen (secondary N) is 4. The van der Waals surface area contributed by atoms with E-state index in [2.05, 4.69) is 35.1 Å². The summed E-state index contributed by atoms with van der Waals surface area (Å²) in [6.07, 6.45) is 7.12. The highest BCUT2D eigenvalue weighted by atomic mass is 16.6. The Morgan fingerprint density at radius 1 is 0.898 bits per heavy atom. The van der Waals surface area contributed by atoms with E-state index in [9.17, 15) is 28.8 Å². The number of hydrogen-bond acceptors (Lipinski definition) is 7. The molecule has 2 aliphatic heterocycles. The molecule has 4 rings (SSSR count). The highest BCUT2D eigenvalue weighted by molar-refractivity contribution is 6.38. The first kappa shape index (κ1) is 37.9. The molecule has 1 aliphatic carbocycles. The molecule has 3 fully saturated rings. The number of piperidine rings is 1. The molecule has 1 aromatic carbocycles. The Morgan fingerprint density at radius 2 is 1.51 bits per heavy atom. The van der Waals surface area contributed by atoms with Crippen molar-refractivity contribution < 1.29 is 33.5 Å². The number of carbonyl (C=O) groups is 6. The molecular weight excluding hydrogens is 626 g/mol. The van der Waals surface area contributed by atoms with E-state index in [1.54, 1.807) is 25.7 Å². The van der Waals surface area contributed by atoms with Crippen LogP contribution >= 0.6 is 0 Å². The number of fused-ring (bicyclic) bond motifs is 3. The largest absolute Gasteiger partial charge is 0.444 e. The summed E-state index contributed by atoms with van der Waals surface area (Å²) in [5, 5.41) is 10.7. The number of benzene rings is 1. The van der Waals surface area contributed by atoms with Gasteiger partial charge in [0, 0.05) is 13.1 Å². The van der Waals surface area contributed by atoms with E-state index in [0.717, 1.165) is 50.5 Å². The fraction of sp³-hybridized carbons (Fsp3) is 0.676. The van der Waals surface area contributed by atoms with Gasteiger partial charge < -0.3 is 30.9 Å². The summed E-state index contributed by atoms with van der Waals surface area (Å²) in [5.74, 6) is -3.09. The molecule has 2 saturated heterocycles. The maximum atomic E-state index is 14.1. The zero-order valence-electron chi connectivity index (χ0n) is 29.8. The third kappa shape index (κ3) is 10.5. The minimum absolute atomic E-state index is 0.0896. The number of alkyl carbamates (subject to hydrolysis) is 1. The van der Waals surface area contributed by atoms with Gasteiger partial charge in [-0.15, -0.1) is 0 Å². The van der Waals surface area contributed by atoms with E-state index in [4.69, 9.17) is 4.74 Å². The summed E-state index contributed by atoms with van der Waals surface area (Å²) >= 11 is 0. The minimum Gasteiger partial charge on any atom is -0.444 e. The standard InChI is InChI=1S/C37H55N5O7/c1-36(2,3)49-35(48)41-27-20-16-11-9-7-6-8-10-15-19-26(40-32(45)30-29-25(37(29,4)5)23-42(30)34(27)47)31(44)33(46)39-22-28(43)38-21-24-17-13-12-14-18-24/h12-14,17-18,25-27,29-30H,6-11,15-16,19-23H2,1-5H3,(H,38,43)(H,39,46)(H,40,45)(H,41,48)/t25-,26-,27-,29-,30-/m0/s1. The Hall–Kier alpha value is -3.96. The number of amides is 5. The van der Waals surface area contributed by atoms with Crippen LogP contribution in [-0.2, 0) is 35.3 Å². The lowest BCUT2D eigenvalue weighted by atomic mass is 9.97. The predicted octanol–water partition coefficient (Wildman–Crippen LogP) is 3.76. The summed E-state index contributed by atoms with van der Waals surface area (Å²) in [6, 6.07) is 6.50. The molecule has 270 valence electrons. The molecule has 1 aromatic rings. The molecule has 12 nitrogen and oxygen atoms in total. The molecule has 3 aliphatic rings. The van der Waals surface area contributed by atoms with E-state index >= 15 is 0 Å². The van der Waals surface area contributed by atoms with Gasteiger partial charge in [-0.1, -0.05) is 95.5 Å². The van der Waals surface area contributed by atoms with Gasteiger partial charge in [0.1, 0.15) is 17.7 Å². The fourth-order valence-corrected chi connectivity index (χ4v) is 7.27. The Balaban J connectivity index is 1.48. The summed E-state index contributed by atoms with van der Waals surface area (Å²) in [7, 11) is 0. The zero-order valence-corrected chi connectivity index (χ0v) is 29.8. The van der Waals surface area contributed by atoms with Crippen LogP contribution in [0.5, 0.6) is 0 Å². The van der Waals surface area contributed by atoms with Gasteiger partial charge in [-0.2, -0.15) is 0 Å². The molecule has 49 heavy (non-hydrogen) atoms. The lowest BCUT2D eigenvalue weighted by Gasteiger charge is -2.34. The van der Waals surface area contributed by atoms with Crippen molar-refractivity contribution in [1.82, 2.24) is 26.2 Å². The van der Waals surface area contributed by atoms with E-state index in [1.165, 1.54) is 0 Å². The minimum atomic E-state index is -1.11. The van der Waals surface area contributed by atoms with Crippen molar-refractivity contribution >= 4 is 35.5 Å². The van der Waals surface area contributed by atoms with Gasteiger partial charge in [0.2, 0.25) is 23.5 Å². The van der Waals surface area contributed by atoms with Crippen LogP contribution in [0, 0.1) is 17.3 Å². The van der Waals surface area contributed by atoms with E-state index in [0.29, 0.717) is 19.4 Å². The number of rotatable bonds is 7. The van der Waals surface area contributed by atoms with Gasteiger partial charge in [-0.05, 0) is 56.4 Å². The second kappa shape index (κ2) is 16.6. The van der Waals surface area contributed by atoms with Gasteiger partial charge in [0.05, 0.1) is 12.6 Å². The number of ether oxygens (including phenoxy) is 1. The van der Waals surface area contributed by atoms with Crippen molar-refractivity contribution in [3.8, 4) is 0 Å². The topological polar surface area (TPSA) is 163 Å². The van der Waals surface area contributed by atoms with Gasteiger partial charge in [-0.25, -0.2) is 4.79 Å². The van der Waals surface area contributed by atoms with Crippen LogP contribution in [0.3, 0.4) is 0 Å². The lowest BCUT2D eigenvalue weighted by molar-refractivity contribution is -0.144. The smallest absolute Gasteiger partial charge is 0.408 e. The van der Waals surface area contributed by atoms with Crippen LogP contribution in [0.2, 0.25) is 0 Å². The van der Waals surface area contributed by atoms with Crippen molar-refractivity contribution in [3.63, 3.8) is 0 Å². The van der Waals surface area contributed by atoms with Crippen LogP contribution in [0.1, 0.15) is 104 Å². The third-order valence-electron chi connectivity index (χ3n) is 10.1. The second-order valence-electron chi connectivity index (χ2n) is 15.4. The molecule has 4 N–H and O–H groups in total. The van der Waals surface area contributed by atoms with E-state index in [1.807, 2.05) is 30.3 Å². The van der Waals surface area contributed by atoms with E-state index in [-0.39, 0.29) is 42.7 Å². The maximum Gasteiger partial charge on any atom is 0.408 e. The Morgan fingerprint density at radius 3 is 2.14 bits per heavy atom. The number of carbonyl (C=O) groups excluding carboxylic acids is 6. The molecule has 1 saturated carbocycles. The van der Waals surface area contributed by atoms with Gasteiger partial charge in [-0.3, -0.25) is 24.0 Å². The summed E-state index contributed by atoms with van der Waals surface area (Å²) in [6.45, 7) is 9.66. The van der Waals surface area contributed by atoms with Crippen molar-refractivity contribution in [1.29, 1.82) is 0 Å². The van der Waals surface area contributed by atoms with Crippen molar-refractivity contribution in [2.75, 3.05) is 13.1 Å². The molecule has 0 radical (unpaired) electrons. The molecule has 0 aromatic heterocycles. The number of nitrogens with zero attached hydrogens (tertiary/aromatic N) is 1. The first-order valence-electron chi connectivity index (χ1n) is 17.9. The predicted molar refractivity (Wildman–Crippen MR) is 184 cm³/mol. The summed E-state index contributed by atoms with van der Waals surface area (Å²) < 4.78 is 5.47. The zero-order chi connectivity index (χ0) is 35.8.